The molecule has 6 heteroatoms. The van der Waals surface area contributed by atoms with Crippen LogP contribution in [-0.4, -0.2) is 35.4 Å². The molecule has 0 aliphatic rings. The van der Waals surface area contributed by atoms with Crippen LogP contribution < -0.4 is 0 Å². The SMILES string of the molecule is CCOC(=O)C(C)c1cc(C(C)(C)C)c(O)c(C(C)(C)C)c1.CCOC(=O)C(C)c1cc(C(C)(C)C)c(O)c(C(C)(C)C)c1. The van der Waals surface area contributed by atoms with Crippen molar-refractivity contribution in [2.75, 3.05) is 13.2 Å². The quantitative estimate of drug-likeness (QED) is 0.316. The van der Waals surface area contributed by atoms with Gasteiger partial charge in [-0.3, -0.25) is 9.59 Å². The molecule has 44 heavy (non-hydrogen) atoms. The molecular weight excluding hydrogens is 552 g/mol. The molecule has 2 N–H and O–H groups in total. The topological polar surface area (TPSA) is 93.1 Å². The number of aromatic hydroxyl groups is 2. The Morgan fingerprint density at radius 2 is 0.750 bits per heavy atom. The largest absolute Gasteiger partial charge is 0.507 e. The molecule has 0 saturated carbocycles. The zero-order valence-electron chi connectivity index (χ0n) is 30.4. The van der Waals surface area contributed by atoms with Gasteiger partial charge >= 0.3 is 11.9 Å². The van der Waals surface area contributed by atoms with Crippen LogP contribution in [0.5, 0.6) is 11.5 Å². The van der Waals surface area contributed by atoms with Crippen LogP contribution in [0.2, 0.25) is 0 Å². The van der Waals surface area contributed by atoms with E-state index in [9.17, 15) is 19.8 Å². The van der Waals surface area contributed by atoms with Crippen molar-refractivity contribution in [1.82, 2.24) is 0 Å². The van der Waals surface area contributed by atoms with Gasteiger partial charge in [-0.05, 0) is 82.7 Å². The molecule has 2 aromatic rings. The van der Waals surface area contributed by atoms with Crippen molar-refractivity contribution in [3.8, 4) is 11.5 Å². The van der Waals surface area contributed by atoms with E-state index < -0.39 is 0 Å². The molecule has 0 heterocycles. The molecule has 0 aliphatic heterocycles. The molecule has 0 aliphatic carbocycles. The van der Waals surface area contributed by atoms with E-state index >= 15 is 0 Å². The Morgan fingerprint density at radius 3 is 0.909 bits per heavy atom. The lowest BCUT2D eigenvalue weighted by Gasteiger charge is -2.29. The van der Waals surface area contributed by atoms with Gasteiger partial charge in [-0.15, -0.1) is 0 Å². The number of rotatable bonds is 6. The van der Waals surface area contributed by atoms with E-state index in [4.69, 9.17) is 9.47 Å². The molecule has 2 unspecified atom stereocenters. The Morgan fingerprint density at radius 1 is 0.545 bits per heavy atom. The maximum Gasteiger partial charge on any atom is 0.313 e. The van der Waals surface area contributed by atoms with Crippen molar-refractivity contribution < 1.29 is 29.3 Å². The van der Waals surface area contributed by atoms with Gasteiger partial charge in [-0.2, -0.15) is 0 Å². The molecular formula is C38H60O6. The Balaban J connectivity index is 0.000000440. The van der Waals surface area contributed by atoms with Gasteiger partial charge in [-0.1, -0.05) is 107 Å². The van der Waals surface area contributed by atoms with E-state index in [1.54, 1.807) is 0 Å². The maximum atomic E-state index is 12.1. The zero-order valence-corrected chi connectivity index (χ0v) is 30.4. The summed E-state index contributed by atoms with van der Waals surface area (Å²) in [7, 11) is 0. The average Bonchev–Trinajstić information content (AvgIpc) is 2.86. The first-order valence-electron chi connectivity index (χ1n) is 15.9. The minimum absolute atomic E-state index is 0.200. The Bertz CT molecular complexity index is 1120. The molecule has 2 atom stereocenters. The smallest absolute Gasteiger partial charge is 0.313 e. The van der Waals surface area contributed by atoms with E-state index in [0.717, 1.165) is 33.4 Å². The predicted molar refractivity (Wildman–Crippen MR) is 181 cm³/mol. The van der Waals surface area contributed by atoms with Gasteiger partial charge in [0, 0.05) is 0 Å². The number of esters is 2. The standard InChI is InChI=1S/2C19H30O3/c2*1-9-22-17(21)12(2)13-10-14(18(3,4)5)16(20)15(11-13)19(6,7)8/h2*10-12,20H,9H2,1-8H3. The lowest BCUT2D eigenvalue weighted by atomic mass is 9.77. The number of carbonyl (C=O) groups excluding carboxylic acids is 2. The Labute approximate surface area is 267 Å². The van der Waals surface area contributed by atoms with Crippen LogP contribution in [0.1, 0.15) is 156 Å². The minimum Gasteiger partial charge on any atom is -0.507 e. The first-order valence-corrected chi connectivity index (χ1v) is 15.9. The van der Waals surface area contributed by atoms with E-state index in [0.29, 0.717) is 24.7 Å². The molecule has 0 spiro atoms. The van der Waals surface area contributed by atoms with Crippen LogP contribution in [0.15, 0.2) is 24.3 Å². The minimum atomic E-state index is -0.345. The molecule has 2 aromatic carbocycles. The summed E-state index contributed by atoms with van der Waals surface area (Å²) in [6, 6.07) is 7.75. The highest BCUT2D eigenvalue weighted by molar-refractivity contribution is 5.79. The van der Waals surface area contributed by atoms with E-state index in [1.165, 1.54) is 0 Å². The zero-order chi connectivity index (χ0) is 34.6. The fourth-order valence-electron chi connectivity index (χ4n) is 4.91. The summed E-state index contributed by atoms with van der Waals surface area (Å²) in [6.07, 6.45) is 0. The molecule has 0 radical (unpaired) electrons. The number of hydrogen-bond acceptors (Lipinski definition) is 6. The first-order chi connectivity index (χ1) is 19.8. The van der Waals surface area contributed by atoms with Gasteiger partial charge in [0.15, 0.2) is 0 Å². The summed E-state index contributed by atoms with van der Waals surface area (Å²) in [5.74, 6) is -0.481. The molecule has 248 valence electrons. The fourth-order valence-corrected chi connectivity index (χ4v) is 4.91. The molecule has 0 amide bonds. The fraction of sp³-hybridized carbons (Fsp3) is 0.632. The molecule has 0 bridgehead atoms. The van der Waals surface area contributed by atoms with Crippen LogP contribution in [0.4, 0.5) is 0 Å². The predicted octanol–water partition coefficient (Wildman–Crippen LogP) is 9.31. The summed E-state index contributed by atoms with van der Waals surface area (Å²) in [4.78, 5) is 24.1. The van der Waals surface area contributed by atoms with Gasteiger partial charge < -0.3 is 19.7 Å². The van der Waals surface area contributed by atoms with Gasteiger partial charge in [0.2, 0.25) is 0 Å². The second kappa shape index (κ2) is 14.4. The van der Waals surface area contributed by atoms with Crippen molar-refractivity contribution in [3.05, 3.63) is 57.6 Å². The molecule has 2 rings (SSSR count). The number of ether oxygens (including phenoxy) is 2. The monoisotopic (exact) mass is 612 g/mol. The van der Waals surface area contributed by atoms with Crippen molar-refractivity contribution >= 4 is 11.9 Å². The lowest BCUT2D eigenvalue weighted by molar-refractivity contribution is -0.145. The van der Waals surface area contributed by atoms with Crippen LogP contribution in [0.3, 0.4) is 0 Å². The van der Waals surface area contributed by atoms with Crippen LogP contribution in [0.25, 0.3) is 0 Å². The lowest BCUT2D eigenvalue weighted by Crippen LogP contribution is -2.20. The van der Waals surface area contributed by atoms with Crippen LogP contribution in [-0.2, 0) is 40.7 Å². The normalized spacial score (nSPS) is 13.8. The number of phenols is 2. The van der Waals surface area contributed by atoms with Crippen molar-refractivity contribution in [2.24, 2.45) is 0 Å². The van der Waals surface area contributed by atoms with Gasteiger partial charge in [0.05, 0.1) is 25.0 Å². The van der Waals surface area contributed by atoms with Gasteiger partial charge in [0.1, 0.15) is 11.5 Å². The third-order valence-electron chi connectivity index (χ3n) is 7.78. The third kappa shape index (κ3) is 10.0. The summed E-state index contributed by atoms with van der Waals surface area (Å²) in [5.41, 5.74) is 4.46. The number of benzene rings is 2. The second-order valence-electron chi connectivity index (χ2n) is 15.9. The van der Waals surface area contributed by atoms with Gasteiger partial charge in [0.25, 0.3) is 0 Å². The first kappa shape index (κ1) is 39.0. The molecule has 0 aromatic heterocycles. The highest BCUT2D eigenvalue weighted by atomic mass is 16.5. The maximum absolute atomic E-state index is 12.1. The summed E-state index contributed by atoms with van der Waals surface area (Å²) in [5, 5.41) is 21.4. The van der Waals surface area contributed by atoms with Crippen molar-refractivity contribution in [2.45, 2.75) is 144 Å². The number of carbonyl (C=O) groups is 2. The van der Waals surface area contributed by atoms with E-state index in [2.05, 4.69) is 83.1 Å². The number of phenolic OH excluding ortho intramolecular Hbond substituents is 2. The summed E-state index contributed by atoms with van der Waals surface area (Å²) < 4.78 is 10.3. The van der Waals surface area contributed by atoms with Crippen molar-refractivity contribution in [3.63, 3.8) is 0 Å². The van der Waals surface area contributed by atoms with Gasteiger partial charge in [-0.25, -0.2) is 0 Å². The number of hydrogen-bond donors (Lipinski definition) is 2. The highest BCUT2D eigenvalue weighted by Gasteiger charge is 2.30. The average molecular weight is 613 g/mol. The Kier molecular flexibility index (Phi) is 12.8. The third-order valence-corrected chi connectivity index (χ3v) is 7.78. The molecule has 0 saturated heterocycles. The van der Waals surface area contributed by atoms with E-state index in [-0.39, 0.29) is 45.4 Å². The van der Waals surface area contributed by atoms with E-state index in [1.807, 2.05) is 52.0 Å². The van der Waals surface area contributed by atoms with Crippen molar-refractivity contribution in [1.29, 1.82) is 0 Å². The molecule has 6 nitrogen and oxygen atoms in total. The Hall–Kier alpha value is -3.02. The summed E-state index contributed by atoms with van der Waals surface area (Å²) in [6.45, 7) is 32.8. The van der Waals surface area contributed by atoms with Crippen LogP contribution in [0, 0.1) is 0 Å². The summed E-state index contributed by atoms with van der Waals surface area (Å²) >= 11 is 0. The highest BCUT2D eigenvalue weighted by Crippen LogP contribution is 2.42. The molecule has 0 fully saturated rings. The van der Waals surface area contributed by atoms with Crippen LogP contribution >= 0.6 is 0 Å². The second-order valence-corrected chi connectivity index (χ2v) is 15.9.